The molecule has 188 valence electrons. The van der Waals surface area contributed by atoms with E-state index in [-0.39, 0.29) is 28.9 Å². The zero-order chi connectivity index (χ0) is 26.1. The summed E-state index contributed by atoms with van der Waals surface area (Å²) in [5.74, 6) is -2.94. The van der Waals surface area contributed by atoms with E-state index >= 15 is 0 Å². The van der Waals surface area contributed by atoms with Crippen LogP contribution in [0.25, 0.3) is 0 Å². The van der Waals surface area contributed by atoms with Gasteiger partial charge in [0.1, 0.15) is 17.4 Å². The lowest BCUT2D eigenvalue weighted by Gasteiger charge is -2.32. The van der Waals surface area contributed by atoms with E-state index < -0.39 is 23.7 Å². The maximum atomic E-state index is 13.1. The number of amides is 2. The summed E-state index contributed by atoms with van der Waals surface area (Å²) in [6.07, 6.45) is 0. The van der Waals surface area contributed by atoms with Crippen LogP contribution in [0.5, 0.6) is 11.5 Å². The van der Waals surface area contributed by atoms with Crippen molar-refractivity contribution in [3.05, 3.63) is 64.7 Å². The summed E-state index contributed by atoms with van der Waals surface area (Å²) in [6.45, 7) is 3.90. The molecule has 0 saturated carbocycles. The van der Waals surface area contributed by atoms with Crippen molar-refractivity contribution in [2.75, 3.05) is 31.4 Å². The number of para-hydroxylation sites is 1. The average Bonchev–Trinajstić information content (AvgIpc) is 2.87. The summed E-state index contributed by atoms with van der Waals surface area (Å²) < 4.78 is 16.1. The minimum absolute atomic E-state index is 0.0814. The van der Waals surface area contributed by atoms with E-state index in [2.05, 4.69) is 16.7 Å². The summed E-state index contributed by atoms with van der Waals surface area (Å²) in [5, 5.41) is 15.7. The molecule has 0 fully saturated rings. The van der Waals surface area contributed by atoms with Gasteiger partial charge in [-0.05, 0) is 32.0 Å². The lowest BCUT2D eigenvalue weighted by Crippen LogP contribution is -2.44. The van der Waals surface area contributed by atoms with Crippen LogP contribution in [-0.4, -0.2) is 43.9 Å². The first kappa shape index (κ1) is 26.6. The van der Waals surface area contributed by atoms with Crippen LogP contribution >= 0.6 is 11.8 Å². The second-order valence-electron chi connectivity index (χ2n) is 7.59. The van der Waals surface area contributed by atoms with Crippen molar-refractivity contribution in [2.45, 2.75) is 19.8 Å². The molecule has 1 aliphatic heterocycles. The molecule has 36 heavy (non-hydrogen) atoms. The Labute approximate surface area is 213 Å². The number of nitriles is 1. The lowest BCUT2D eigenvalue weighted by molar-refractivity contribution is -0.152. The number of allylic oxidation sites excluding steroid dienone is 1. The molecule has 10 heteroatoms. The van der Waals surface area contributed by atoms with E-state index in [1.165, 1.54) is 7.11 Å². The Morgan fingerprint density at radius 1 is 1.14 bits per heavy atom. The predicted octanol–water partition coefficient (Wildman–Crippen LogP) is 3.59. The molecule has 9 nitrogen and oxygen atoms in total. The highest BCUT2D eigenvalue weighted by molar-refractivity contribution is 8.03. The molecule has 0 aromatic heterocycles. The Morgan fingerprint density at radius 3 is 2.61 bits per heavy atom. The van der Waals surface area contributed by atoms with Gasteiger partial charge in [0.15, 0.2) is 0 Å². The van der Waals surface area contributed by atoms with Gasteiger partial charge < -0.3 is 24.8 Å². The molecule has 0 unspecified atom stereocenters. The zero-order valence-electron chi connectivity index (χ0n) is 20.2. The monoisotopic (exact) mass is 509 g/mol. The van der Waals surface area contributed by atoms with Gasteiger partial charge in [0.25, 0.3) is 0 Å². The maximum Gasteiger partial charge on any atom is 0.319 e. The fourth-order valence-electron chi connectivity index (χ4n) is 3.82. The number of benzene rings is 2. The van der Waals surface area contributed by atoms with E-state index in [0.717, 1.165) is 11.8 Å². The number of anilines is 1. The van der Waals surface area contributed by atoms with Crippen LogP contribution in [0.2, 0.25) is 0 Å². The third kappa shape index (κ3) is 6.17. The molecular formula is C26H27N3O6S. The van der Waals surface area contributed by atoms with Crippen molar-refractivity contribution in [1.82, 2.24) is 5.32 Å². The molecular weight excluding hydrogens is 482 g/mol. The van der Waals surface area contributed by atoms with Crippen LogP contribution in [-0.2, 0) is 19.1 Å². The van der Waals surface area contributed by atoms with E-state index in [4.69, 9.17) is 14.2 Å². The van der Waals surface area contributed by atoms with Crippen molar-refractivity contribution in [1.29, 1.82) is 5.26 Å². The number of carbonyl (C=O) groups excluding carboxylic acids is 3. The Bertz CT molecular complexity index is 1210. The third-order valence-electron chi connectivity index (χ3n) is 5.32. The number of ether oxygens (including phenoxy) is 3. The molecule has 1 heterocycles. The van der Waals surface area contributed by atoms with Gasteiger partial charge in [-0.15, -0.1) is 0 Å². The fourth-order valence-corrected chi connectivity index (χ4v) is 4.67. The first-order valence-electron chi connectivity index (χ1n) is 11.3. The van der Waals surface area contributed by atoms with Crippen molar-refractivity contribution in [3.63, 3.8) is 0 Å². The SMILES string of the molecule is CCOC(=O)[C@H]1C(=O)NC(SCC(=O)Nc2cccc(OC)c2)=C(C#N)[C@@H]1c1ccccc1OCC. The Kier molecular flexibility index (Phi) is 9.36. The Morgan fingerprint density at radius 2 is 1.92 bits per heavy atom. The number of nitrogens with zero attached hydrogens (tertiary/aromatic N) is 1. The zero-order valence-corrected chi connectivity index (χ0v) is 21.0. The topological polar surface area (TPSA) is 127 Å². The standard InChI is InChI=1S/C26H27N3O6S/c1-4-34-20-12-7-6-11-18(20)22-19(14-27)25(29-24(31)23(22)26(32)35-5-2)36-15-21(30)28-16-9-8-10-17(13-16)33-3/h6-13,22-23H,4-5,15H2,1-3H3,(H,28,30)(H,29,31)/t22-,23+/m0/s1. The van der Waals surface area contributed by atoms with Crippen molar-refractivity contribution in [2.24, 2.45) is 5.92 Å². The maximum absolute atomic E-state index is 13.1. The molecule has 2 N–H and O–H groups in total. The van der Waals surface area contributed by atoms with Gasteiger partial charge in [-0.1, -0.05) is 36.0 Å². The van der Waals surface area contributed by atoms with E-state index in [9.17, 15) is 19.6 Å². The Balaban J connectivity index is 1.93. The van der Waals surface area contributed by atoms with Gasteiger partial charge in [-0.2, -0.15) is 5.26 Å². The first-order chi connectivity index (χ1) is 17.4. The number of carbonyl (C=O) groups is 3. The molecule has 0 saturated heterocycles. The molecule has 3 rings (SSSR count). The smallest absolute Gasteiger partial charge is 0.319 e. The molecule has 0 spiro atoms. The largest absolute Gasteiger partial charge is 0.497 e. The van der Waals surface area contributed by atoms with E-state index in [1.807, 2.05) is 6.92 Å². The number of nitrogens with one attached hydrogen (secondary N) is 2. The van der Waals surface area contributed by atoms with Gasteiger partial charge in [0.05, 0.1) is 42.7 Å². The molecule has 0 radical (unpaired) electrons. The average molecular weight is 510 g/mol. The summed E-state index contributed by atoms with van der Waals surface area (Å²) in [5.41, 5.74) is 1.22. The van der Waals surface area contributed by atoms with Crippen molar-refractivity contribution in [3.8, 4) is 17.6 Å². The summed E-state index contributed by atoms with van der Waals surface area (Å²) in [6, 6.07) is 16.0. The second-order valence-corrected chi connectivity index (χ2v) is 8.58. The van der Waals surface area contributed by atoms with Gasteiger partial charge in [-0.3, -0.25) is 14.4 Å². The molecule has 1 aliphatic rings. The van der Waals surface area contributed by atoms with Gasteiger partial charge in [0.2, 0.25) is 11.8 Å². The first-order valence-corrected chi connectivity index (χ1v) is 12.3. The van der Waals surface area contributed by atoms with Crippen LogP contribution in [0.4, 0.5) is 5.69 Å². The summed E-state index contributed by atoms with van der Waals surface area (Å²) in [4.78, 5) is 38.5. The van der Waals surface area contributed by atoms with Gasteiger partial charge >= 0.3 is 5.97 Å². The second kappa shape index (κ2) is 12.7. The summed E-state index contributed by atoms with van der Waals surface area (Å²) in [7, 11) is 1.53. The molecule has 2 aromatic carbocycles. The molecule has 2 atom stereocenters. The normalized spacial score (nSPS) is 17.0. The highest BCUT2D eigenvalue weighted by atomic mass is 32.2. The number of esters is 1. The van der Waals surface area contributed by atoms with Gasteiger partial charge in [-0.25, -0.2) is 0 Å². The van der Waals surface area contributed by atoms with E-state index in [1.54, 1.807) is 55.5 Å². The number of hydrogen-bond acceptors (Lipinski definition) is 8. The molecule has 0 aliphatic carbocycles. The van der Waals surface area contributed by atoms with Crippen LogP contribution in [0, 0.1) is 17.2 Å². The van der Waals surface area contributed by atoms with Crippen LogP contribution in [0.3, 0.4) is 0 Å². The minimum Gasteiger partial charge on any atom is -0.497 e. The Hall–Kier alpha value is -3.97. The molecule has 2 amide bonds. The number of methoxy groups -OCH3 is 1. The highest BCUT2D eigenvalue weighted by Gasteiger charge is 2.45. The van der Waals surface area contributed by atoms with Crippen LogP contribution in [0.1, 0.15) is 25.3 Å². The number of hydrogen-bond donors (Lipinski definition) is 2. The molecule has 2 aromatic rings. The quantitative estimate of drug-likeness (QED) is 0.368. The highest BCUT2D eigenvalue weighted by Crippen LogP contribution is 2.43. The van der Waals surface area contributed by atoms with Crippen molar-refractivity contribution >= 4 is 35.2 Å². The molecule has 0 bridgehead atoms. The van der Waals surface area contributed by atoms with E-state index in [0.29, 0.717) is 29.4 Å². The van der Waals surface area contributed by atoms with Crippen molar-refractivity contribution < 1.29 is 28.6 Å². The predicted molar refractivity (Wildman–Crippen MR) is 135 cm³/mol. The summed E-state index contributed by atoms with van der Waals surface area (Å²) >= 11 is 1.00. The third-order valence-corrected chi connectivity index (χ3v) is 6.34. The van der Waals surface area contributed by atoms with Crippen LogP contribution in [0.15, 0.2) is 59.1 Å². The fraction of sp³-hybridized carbons (Fsp3) is 0.308. The lowest BCUT2D eigenvalue weighted by atomic mass is 9.78. The van der Waals surface area contributed by atoms with Gasteiger partial charge in [0, 0.05) is 23.2 Å². The number of thioether (sulfide) groups is 1. The number of rotatable bonds is 10. The minimum atomic E-state index is -1.28. The van der Waals surface area contributed by atoms with Crippen LogP contribution < -0.4 is 20.1 Å².